The molecule has 290 valence electrons. The van der Waals surface area contributed by atoms with E-state index in [0.29, 0.717) is 26.4 Å². The molecule has 2 unspecified atom stereocenters. The van der Waals surface area contributed by atoms with Crippen LogP contribution in [0.5, 0.6) is 11.5 Å². The van der Waals surface area contributed by atoms with E-state index in [0.717, 1.165) is 86.1 Å². The predicted octanol–water partition coefficient (Wildman–Crippen LogP) is 6.37. The van der Waals surface area contributed by atoms with Gasteiger partial charge in [-0.2, -0.15) is 0 Å². The van der Waals surface area contributed by atoms with Gasteiger partial charge < -0.3 is 37.9 Å². The van der Waals surface area contributed by atoms with Gasteiger partial charge in [-0.3, -0.25) is 0 Å². The SMILES string of the molecule is C=CC(=O)OCCCCCCOc1ccc(/C=C/C(=O)O[C@H]2COC3C2OC[C@H]3OC(=O)/C=C/c2ccc(OCCCCCCOC(=O)C=C)cc2)cc1. The first kappa shape index (κ1) is 41.6. The zero-order chi connectivity index (χ0) is 38.4. The van der Waals surface area contributed by atoms with Crippen molar-refractivity contribution in [2.45, 2.75) is 75.8 Å². The Morgan fingerprint density at radius 1 is 0.537 bits per heavy atom. The van der Waals surface area contributed by atoms with Gasteiger partial charge >= 0.3 is 23.9 Å². The minimum absolute atomic E-state index is 0.134. The molecule has 4 atom stereocenters. The molecule has 0 aliphatic carbocycles. The summed E-state index contributed by atoms with van der Waals surface area (Å²) in [6, 6.07) is 14.7. The van der Waals surface area contributed by atoms with Crippen molar-refractivity contribution in [2.24, 2.45) is 0 Å². The minimum Gasteiger partial charge on any atom is -0.494 e. The van der Waals surface area contributed by atoms with Crippen molar-refractivity contribution in [1.29, 1.82) is 0 Å². The summed E-state index contributed by atoms with van der Waals surface area (Å²) >= 11 is 0. The Morgan fingerprint density at radius 2 is 0.907 bits per heavy atom. The number of fused-ring (bicyclic) bond motifs is 1. The van der Waals surface area contributed by atoms with Crippen LogP contribution in [-0.2, 0) is 47.6 Å². The standard InChI is InChI=1S/C42H50O12/c1-3-37(43)49-27-11-7-5-9-25-47-33-19-13-31(14-20-33)17-23-39(45)53-35-29-51-42-36(30-52-41(35)42)54-40(46)24-18-32-15-21-34(22-16-32)48-26-10-6-8-12-28-50-38(44)4-2/h3-4,13-24,35-36,41-42H,1-2,5-12,25-30H2/b23-17+,24-18+/t35-,36+,41?,42?. The maximum absolute atomic E-state index is 12.6. The van der Waals surface area contributed by atoms with E-state index < -0.39 is 48.3 Å². The molecule has 0 saturated carbocycles. The highest BCUT2D eigenvalue weighted by Gasteiger charge is 2.51. The van der Waals surface area contributed by atoms with Gasteiger partial charge in [0.1, 0.15) is 23.7 Å². The van der Waals surface area contributed by atoms with E-state index in [1.807, 2.05) is 48.5 Å². The Labute approximate surface area is 316 Å². The lowest BCUT2D eigenvalue weighted by molar-refractivity contribution is -0.149. The third-order valence-electron chi connectivity index (χ3n) is 8.52. The van der Waals surface area contributed by atoms with Crippen molar-refractivity contribution in [3.8, 4) is 11.5 Å². The molecular weight excluding hydrogens is 696 g/mol. The van der Waals surface area contributed by atoms with E-state index >= 15 is 0 Å². The molecule has 2 aliphatic rings. The highest BCUT2D eigenvalue weighted by molar-refractivity contribution is 5.88. The molecule has 2 fully saturated rings. The molecule has 12 nitrogen and oxygen atoms in total. The maximum Gasteiger partial charge on any atom is 0.331 e. The van der Waals surface area contributed by atoms with Gasteiger partial charge in [-0.05, 0) is 98.9 Å². The monoisotopic (exact) mass is 746 g/mol. The minimum atomic E-state index is -0.626. The summed E-state index contributed by atoms with van der Waals surface area (Å²) in [5, 5.41) is 0. The fraction of sp³-hybridized carbons (Fsp3) is 0.429. The number of carbonyl (C=O) groups excluding carboxylic acids is 4. The lowest BCUT2D eigenvalue weighted by Crippen LogP contribution is -2.35. The topological polar surface area (TPSA) is 142 Å². The van der Waals surface area contributed by atoms with E-state index in [4.69, 9.17) is 37.9 Å². The fourth-order valence-corrected chi connectivity index (χ4v) is 5.65. The smallest absolute Gasteiger partial charge is 0.331 e. The first-order chi connectivity index (χ1) is 26.3. The predicted molar refractivity (Wildman–Crippen MR) is 200 cm³/mol. The molecule has 0 spiro atoms. The Bertz CT molecular complexity index is 1450. The first-order valence-corrected chi connectivity index (χ1v) is 18.4. The molecule has 2 aromatic carbocycles. The molecule has 4 rings (SSSR count). The lowest BCUT2D eigenvalue weighted by atomic mass is 10.1. The van der Waals surface area contributed by atoms with E-state index in [2.05, 4.69) is 13.2 Å². The number of benzene rings is 2. The molecule has 0 radical (unpaired) electrons. The van der Waals surface area contributed by atoms with Crippen LogP contribution in [0.4, 0.5) is 0 Å². The van der Waals surface area contributed by atoms with Gasteiger partial charge in [-0.25, -0.2) is 19.2 Å². The van der Waals surface area contributed by atoms with Crippen LogP contribution in [0.3, 0.4) is 0 Å². The highest BCUT2D eigenvalue weighted by Crippen LogP contribution is 2.31. The van der Waals surface area contributed by atoms with Crippen LogP contribution in [0.25, 0.3) is 12.2 Å². The van der Waals surface area contributed by atoms with E-state index in [9.17, 15) is 19.2 Å². The van der Waals surface area contributed by atoms with Crippen LogP contribution >= 0.6 is 0 Å². The van der Waals surface area contributed by atoms with Gasteiger partial charge in [0.05, 0.1) is 39.6 Å². The molecule has 2 aromatic rings. The van der Waals surface area contributed by atoms with Gasteiger partial charge in [0.15, 0.2) is 12.2 Å². The Balaban J connectivity index is 1.08. The zero-order valence-electron chi connectivity index (χ0n) is 30.6. The summed E-state index contributed by atoms with van der Waals surface area (Å²) < 4.78 is 44.3. The van der Waals surface area contributed by atoms with Gasteiger partial charge in [0, 0.05) is 24.3 Å². The summed E-state index contributed by atoms with van der Waals surface area (Å²) in [5.74, 6) is -0.402. The maximum atomic E-state index is 12.6. The fourth-order valence-electron chi connectivity index (χ4n) is 5.65. The molecule has 0 N–H and O–H groups in total. The second-order valence-electron chi connectivity index (χ2n) is 12.6. The van der Waals surface area contributed by atoms with E-state index in [1.165, 1.54) is 12.2 Å². The molecule has 0 bridgehead atoms. The molecular formula is C42H50O12. The zero-order valence-corrected chi connectivity index (χ0v) is 30.6. The van der Waals surface area contributed by atoms with Gasteiger partial charge in [0.25, 0.3) is 0 Å². The van der Waals surface area contributed by atoms with Gasteiger partial charge in [0.2, 0.25) is 0 Å². The van der Waals surface area contributed by atoms with Crippen LogP contribution in [0.1, 0.15) is 62.5 Å². The van der Waals surface area contributed by atoms with Crippen molar-refractivity contribution in [2.75, 3.05) is 39.6 Å². The molecule has 0 aromatic heterocycles. The Kier molecular flexibility index (Phi) is 18.1. The summed E-state index contributed by atoms with van der Waals surface area (Å²) in [7, 11) is 0. The quantitative estimate of drug-likeness (QED) is 0.0510. The number of hydrogen-bond donors (Lipinski definition) is 0. The van der Waals surface area contributed by atoms with E-state index in [-0.39, 0.29) is 13.2 Å². The normalized spacial score (nSPS) is 18.9. The van der Waals surface area contributed by atoms with Crippen molar-refractivity contribution >= 4 is 36.0 Å². The van der Waals surface area contributed by atoms with Crippen molar-refractivity contribution in [1.82, 2.24) is 0 Å². The molecule has 54 heavy (non-hydrogen) atoms. The number of esters is 4. The summed E-state index contributed by atoms with van der Waals surface area (Å²) in [5.41, 5.74) is 1.61. The van der Waals surface area contributed by atoms with Crippen molar-refractivity contribution < 1.29 is 57.1 Å². The molecule has 2 aliphatic heterocycles. The van der Waals surface area contributed by atoms with Crippen LogP contribution in [0.2, 0.25) is 0 Å². The molecule has 12 heteroatoms. The lowest BCUT2D eigenvalue weighted by Gasteiger charge is -2.16. The molecule has 2 saturated heterocycles. The third-order valence-corrected chi connectivity index (χ3v) is 8.52. The van der Waals surface area contributed by atoms with Gasteiger partial charge in [-0.1, -0.05) is 37.4 Å². The third kappa shape index (κ3) is 15.0. The summed E-state index contributed by atoms with van der Waals surface area (Å²) in [4.78, 5) is 47.2. The summed E-state index contributed by atoms with van der Waals surface area (Å²) in [6.45, 7) is 8.95. The Morgan fingerprint density at radius 3 is 1.28 bits per heavy atom. The second kappa shape index (κ2) is 23.5. The van der Waals surface area contributed by atoms with Crippen molar-refractivity contribution in [3.05, 3.63) is 97.1 Å². The largest absolute Gasteiger partial charge is 0.494 e. The molecule has 2 heterocycles. The van der Waals surface area contributed by atoms with Crippen LogP contribution < -0.4 is 9.47 Å². The Hall–Kier alpha value is -5.20. The van der Waals surface area contributed by atoms with E-state index in [1.54, 1.807) is 12.2 Å². The second-order valence-corrected chi connectivity index (χ2v) is 12.6. The van der Waals surface area contributed by atoms with Crippen LogP contribution in [0, 0.1) is 0 Å². The average molecular weight is 747 g/mol. The highest BCUT2D eigenvalue weighted by atomic mass is 16.7. The van der Waals surface area contributed by atoms with Crippen molar-refractivity contribution in [3.63, 3.8) is 0 Å². The first-order valence-electron chi connectivity index (χ1n) is 18.4. The number of rotatable bonds is 24. The number of hydrogen-bond acceptors (Lipinski definition) is 12. The number of unbranched alkanes of at least 4 members (excludes halogenated alkanes) is 6. The van der Waals surface area contributed by atoms with Crippen LogP contribution in [-0.4, -0.2) is 87.9 Å². The summed E-state index contributed by atoms with van der Waals surface area (Å²) in [6.07, 6.45) is 13.2. The average Bonchev–Trinajstić information content (AvgIpc) is 3.78. The van der Waals surface area contributed by atoms with Gasteiger partial charge in [-0.15, -0.1) is 0 Å². The van der Waals surface area contributed by atoms with Crippen LogP contribution in [0.15, 0.2) is 86.0 Å². The number of carbonyl (C=O) groups is 4. The molecule has 0 amide bonds. The number of ether oxygens (including phenoxy) is 8.